The molecule has 4 heteroatoms. The van der Waals surface area contributed by atoms with Gasteiger partial charge < -0.3 is 10.6 Å². The van der Waals surface area contributed by atoms with E-state index in [4.69, 9.17) is 0 Å². The van der Waals surface area contributed by atoms with Gasteiger partial charge in [0.2, 0.25) is 5.91 Å². The van der Waals surface area contributed by atoms with Crippen molar-refractivity contribution >= 4 is 5.91 Å². The lowest BCUT2D eigenvalue weighted by molar-refractivity contribution is -0.123. The molecule has 0 spiro atoms. The molecule has 2 aliphatic rings. The third-order valence-corrected chi connectivity index (χ3v) is 4.66. The maximum Gasteiger partial charge on any atom is 0.237 e. The standard InChI is InChI=1S/C17H25N3O/c1-13-10-15(19-17(21)16-8-5-9-18-16)12-20(13)11-14-6-3-2-4-7-14/h2-4,6-7,13,15-16,18H,5,8-12H2,1H3,(H,19,21). The number of carbonyl (C=O) groups excluding carboxylic acids is 1. The summed E-state index contributed by atoms with van der Waals surface area (Å²) in [5.41, 5.74) is 1.34. The number of carbonyl (C=O) groups is 1. The van der Waals surface area contributed by atoms with E-state index in [9.17, 15) is 4.79 Å². The van der Waals surface area contributed by atoms with E-state index in [1.165, 1.54) is 5.56 Å². The van der Waals surface area contributed by atoms with Gasteiger partial charge in [-0.3, -0.25) is 9.69 Å². The third kappa shape index (κ3) is 3.63. The van der Waals surface area contributed by atoms with Crippen molar-refractivity contribution in [3.63, 3.8) is 0 Å². The Morgan fingerprint density at radius 1 is 1.38 bits per heavy atom. The molecule has 2 saturated heterocycles. The maximum absolute atomic E-state index is 12.2. The summed E-state index contributed by atoms with van der Waals surface area (Å²) in [5, 5.41) is 6.49. The summed E-state index contributed by atoms with van der Waals surface area (Å²) in [6, 6.07) is 11.4. The van der Waals surface area contributed by atoms with Crippen LogP contribution in [0.25, 0.3) is 0 Å². The Balaban J connectivity index is 1.52. The largest absolute Gasteiger partial charge is 0.351 e. The second kappa shape index (κ2) is 6.58. The zero-order chi connectivity index (χ0) is 14.7. The van der Waals surface area contributed by atoms with E-state index >= 15 is 0 Å². The lowest BCUT2D eigenvalue weighted by Gasteiger charge is -2.21. The van der Waals surface area contributed by atoms with Crippen molar-refractivity contribution in [1.29, 1.82) is 0 Å². The van der Waals surface area contributed by atoms with Crippen LogP contribution in [0.15, 0.2) is 30.3 Å². The number of rotatable bonds is 4. The van der Waals surface area contributed by atoms with Crippen LogP contribution in [0.1, 0.15) is 31.7 Å². The molecule has 2 N–H and O–H groups in total. The molecule has 2 heterocycles. The second-order valence-electron chi connectivity index (χ2n) is 6.35. The van der Waals surface area contributed by atoms with Crippen LogP contribution in [0, 0.1) is 0 Å². The van der Waals surface area contributed by atoms with E-state index in [0.29, 0.717) is 12.1 Å². The normalized spacial score (nSPS) is 29.7. The van der Waals surface area contributed by atoms with Crippen molar-refractivity contribution in [3.8, 4) is 0 Å². The van der Waals surface area contributed by atoms with E-state index in [-0.39, 0.29) is 11.9 Å². The molecule has 3 unspecified atom stereocenters. The molecule has 1 aromatic rings. The van der Waals surface area contributed by atoms with E-state index in [1.54, 1.807) is 0 Å². The molecule has 3 atom stereocenters. The summed E-state index contributed by atoms with van der Waals surface area (Å²) in [5.74, 6) is 0.186. The predicted octanol–water partition coefficient (Wildman–Crippen LogP) is 1.52. The van der Waals surface area contributed by atoms with E-state index < -0.39 is 0 Å². The minimum Gasteiger partial charge on any atom is -0.351 e. The number of nitrogens with zero attached hydrogens (tertiary/aromatic N) is 1. The number of benzene rings is 1. The summed E-state index contributed by atoms with van der Waals surface area (Å²) in [7, 11) is 0. The molecule has 0 aromatic heterocycles. The number of hydrogen-bond donors (Lipinski definition) is 2. The molecule has 0 bridgehead atoms. The summed E-state index contributed by atoms with van der Waals surface area (Å²) < 4.78 is 0. The van der Waals surface area contributed by atoms with Crippen LogP contribution in [-0.4, -0.2) is 42.0 Å². The smallest absolute Gasteiger partial charge is 0.237 e. The van der Waals surface area contributed by atoms with E-state index in [1.807, 2.05) is 0 Å². The Labute approximate surface area is 126 Å². The van der Waals surface area contributed by atoms with Crippen LogP contribution in [0.3, 0.4) is 0 Å². The average Bonchev–Trinajstić information content (AvgIpc) is 3.11. The molecule has 0 aliphatic carbocycles. The van der Waals surface area contributed by atoms with Gasteiger partial charge in [0.05, 0.1) is 6.04 Å². The van der Waals surface area contributed by atoms with E-state index in [2.05, 4.69) is 52.8 Å². The summed E-state index contributed by atoms with van der Waals surface area (Å²) in [4.78, 5) is 14.6. The number of amides is 1. The van der Waals surface area contributed by atoms with Gasteiger partial charge in [-0.25, -0.2) is 0 Å². The van der Waals surface area contributed by atoms with Crippen LogP contribution in [0.4, 0.5) is 0 Å². The second-order valence-corrected chi connectivity index (χ2v) is 6.35. The van der Waals surface area contributed by atoms with Crippen LogP contribution >= 0.6 is 0 Å². The van der Waals surface area contributed by atoms with E-state index in [0.717, 1.165) is 38.9 Å². The Bertz CT molecular complexity index is 470. The highest BCUT2D eigenvalue weighted by Gasteiger charge is 2.32. The first-order valence-corrected chi connectivity index (χ1v) is 8.04. The minimum atomic E-state index is 0.0310. The van der Waals surface area contributed by atoms with Crippen LogP contribution in [-0.2, 0) is 11.3 Å². The molecular formula is C17H25N3O. The van der Waals surface area contributed by atoms with Crippen molar-refractivity contribution in [2.24, 2.45) is 0 Å². The highest BCUT2D eigenvalue weighted by Crippen LogP contribution is 2.20. The van der Waals surface area contributed by atoms with Crippen LogP contribution < -0.4 is 10.6 Å². The summed E-state index contributed by atoms with van der Waals surface area (Å²) in [6.45, 7) is 5.15. The van der Waals surface area contributed by atoms with Gasteiger partial charge in [0, 0.05) is 25.2 Å². The zero-order valence-electron chi connectivity index (χ0n) is 12.7. The molecule has 1 aromatic carbocycles. The first-order chi connectivity index (χ1) is 10.2. The van der Waals surface area contributed by atoms with Crippen molar-refractivity contribution in [1.82, 2.24) is 15.5 Å². The first kappa shape index (κ1) is 14.5. The van der Waals surface area contributed by atoms with Gasteiger partial charge in [0.1, 0.15) is 0 Å². The predicted molar refractivity (Wildman–Crippen MR) is 83.9 cm³/mol. The molecular weight excluding hydrogens is 262 g/mol. The Kier molecular flexibility index (Phi) is 4.56. The van der Waals surface area contributed by atoms with Crippen LogP contribution in [0.2, 0.25) is 0 Å². The monoisotopic (exact) mass is 287 g/mol. The molecule has 114 valence electrons. The van der Waals surface area contributed by atoms with Crippen molar-refractivity contribution in [2.75, 3.05) is 13.1 Å². The van der Waals surface area contributed by atoms with Crippen molar-refractivity contribution in [3.05, 3.63) is 35.9 Å². The van der Waals surface area contributed by atoms with Gasteiger partial charge in [-0.15, -0.1) is 0 Å². The van der Waals surface area contributed by atoms with Crippen molar-refractivity contribution < 1.29 is 4.79 Å². The quantitative estimate of drug-likeness (QED) is 0.882. The number of hydrogen-bond acceptors (Lipinski definition) is 3. The minimum absolute atomic E-state index is 0.0310. The molecule has 0 saturated carbocycles. The lowest BCUT2D eigenvalue weighted by atomic mass is 10.1. The fraction of sp³-hybridized carbons (Fsp3) is 0.588. The molecule has 21 heavy (non-hydrogen) atoms. The summed E-state index contributed by atoms with van der Waals surface area (Å²) in [6.07, 6.45) is 3.13. The Morgan fingerprint density at radius 2 is 2.19 bits per heavy atom. The topological polar surface area (TPSA) is 44.4 Å². The molecule has 4 nitrogen and oxygen atoms in total. The van der Waals surface area contributed by atoms with Gasteiger partial charge in [0.25, 0.3) is 0 Å². The maximum atomic E-state index is 12.2. The summed E-state index contributed by atoms with van der Waals surface area (Å²) >= 11 is 0. The van der Waals surface area contributed by atoms with Crippen LogP contribution in [0.5, 0.6) is 0 Å². The molecule has 1 amide bonds. The fourth-order valence-electron chi connectivity index (χ4n) is 3.45. The van der Waals surface area contributed by atoms with Gasteiger partial charge in [0.15, 0.2) is 0 Å². The zero-order valence-corrected chi connectivity index (χ0v) is 12.7. The Morgan fingerprint density at radius 3 is 2.90 bits per heavy atom. The number of likely N-dealkylation sites (tertiary alicyclic amines) is 1. The molecule has 3 rings (SSSR count). The van der Waals surface area contributed by atoms with Gasteiger partial charge in [-0.05, 0) is 38.3 Å². The lowest BCUT2D eigenvalue weighted by Crippen LogP contribution is -2.46. The van der Waals surface area contributed by atoms with Crippen molar-refractivity contribution in [2.45, 2.75) is 50.9 Å². The molecule has 0 radical (unpaired) electrons. The highest BCUT2D eigenvalue weighted by atomic mass is 16.2. The highest BCUT2D eigenvalue weighted by molar-refractivity contribution is 5.82. The first-order valence-electron chi connectivity index (χ1n) is 8.04. The third-order valence-electron chi connectivity index (χ3n) is 4.66. The Hall–Kier alpha value is -1.39. The SMILES string of the molecule is CC1CC(NC(=O)C2CCCN2)CN1Cc1ccccc1. The van der Waals surface area contributed by atoms with Gasteiger partial charge in [-0.1, -0.05) is 30.3 Å². The fourth-order valence-corrected chi connectivity index (χ4v) is 3.45. The number of nitrogens with one attached hydrogen (secondary N) is 2. The molecule has 2 fully saturated rings. The molecule has 2 aliphatic heterocycles. The van der Waals surface area contributed by atoms with Gasteiger partial charge in [-0.2, -0.15) is 0 Å². The average molecular weight is 287 g/mol. The van der Waals surface area contributed by atoms with Gasteiger partial charge >= 0.3 is 0 Å².